The van der Waals surface area contributed by atoms with Crippen LogP contribution in [0.4, 0.5) is 13.2 Å². The number of carbonyl (C=O) groups is 1. The zero-order valence-corrected chi connectivity index (χ0v) is 14.7. The second-order valence-corrected chi connectivity index (χ2v) is 6.31. The third-order valence-corrected chi connectivity index (χ3v) is 4.38. The van der Waals surface area contributed by atoms with Gasteiger partial charge in [0.05, 0.1) is 0 Å². The highest BCUT2D eigenvalue weighted by molar-refractivity contribution is 6.31. The Kier molecular flexibility index (Phi) is 4.92. The molecule has 0 saturated heterocycles. The molecule has 1 aliphatic heterocycles. The molecule has 1 N–H and O–H groups in total. The van der Waals surface area contributed by atoms with Crippen LogP contribution < -0.4 is 4.74 Å². The summed E-state index contributed by atoms with van der Waals surface area (Å²) in [4.78, 5) is 12.3. The Bertz CT molecular complexity index is 897. The molecule has 1 atom stereocenters. The van der Waals surface area contributed by atoms with Crippen LogP contribution in [0.5, 0.6) is 5.75 Å². The molecule has 144 valence electrons. The van der Waals surface area contributed by atoms with E-state index in [1.165, 1.54) is 12.1 Å². The first-order valence-electron chi connectivity index (χ1n) is 7.75. The summed E-state index contributed by atoms with van der Waals surface area (Å²) in [6.45, 7) is 1.75. The van der Waals surface area contributed by atoms with Gasteiger partial charge in [0.25, 0.3) is 5.72 Å². The van der Waals surface area contributed by atoms with Crippen molar-refractivity contribution in [3.8, 4) is 5.75 Å². The van der Waals surface area contributed by atoms with Crippen LogP contribution in [-0.4, -0.2) is 34.1 Å². The van der Waals surface area contributed by atoms with Gasteiger partial charge in [-0.05, 0) is 42.8 Å². The first-order chi connectivity index (χ1) is 12.6. The predicted octanol–water partition coefficient (Wildman–Crippen LogP) is 3.90. The lowest BCUT2D eigenvalue weighted by molar-refractivity contribution is -0.297. The molecule has 2 heterocycles. The van der Waals surface area contributed by atoms with Crippen molar-refractivity contribution >= 4 is 23.7 Å². The average Bonchev–Trinajstić information content (AvgIpc) is 3.22. The van der Waals surface area contributed by atoms with Crippen molar-refractivity contribution < 1.29 is 32.2 Å². The summed E-state index contributed by atoms with van der Waals surface area (Å²) >= 11 is 5.93. The monoisotopic (exact) mass is 402 g/mol. The largest absolute Gasteiger partial charge is 0.486 e. The number of alkyl halides is 3. The van der Waals surface area contributed by atoms with E-state index < -0.39 is 30.0 Å². The van der Waals surface area contributed by atoms with Crippen molar-refractivity contribution in [1.29, 1.82) is 0 Å². The molecular weight excluding hydrogens is 389 g/mol. The van der Waals surface area contributed by atoms with Gasteiger partial charge < -0.3 is 14.3 Å². The van der Waals surface area contributed by atoms with Gasteiger partial charge in [-0.2, -0.15) is 23.3 Å². The van der Waals surface area contributed by atoms with Crippen molar-refractivity contribution in [2.75, 3.05) is 0 Å². The third kappa shape index (κ3) is 3.65. The Morgan fingerprint density at radius 2 is 2.15 bits per heavy atom. The first-order valence-corrected chi connectivity index (χ1v) is 8.13. The van der Waals surface area contributed by atoms with Crippen molar-refractivity contribution in [3.05, 3.63) is 52.4 Å². The van der Waals surface area contributed by atoms with Crippen LogP contribution in [0.3, 0.4) is 0 Å². The molecule has 1 amide bonds. The summed E-state index contributed by atoms with van der Waals surface area (Å²) in [6, 6.07) is 7.60. The molecule has 1 aromatic heterocycles. The van der Waals surface area contributed by atoms with E-state index in [4.69, 9.17) is 20.8 Å². The number of nitrogens with zero attached hydrogens (tertiary/aromatic N) is 2. The molecule has 2 aromatic rings. The molecule has 0 unspecified atom stereocenters. The normalized spacial score (nSPS) is 19.6. The second kappa shape index (κ2) is 6.90. The van der Waals surface area contributed by atoms with E-state index >= 15 is 0 Å². The quantitative estimate of drug-likeness (QED) is 0.841. The SMILES string of the molecule is Cc1cc(OCc2ccc(C(=O)N3N=CC[C@]3(O)C(F)(F)F)o2)ccc1Cl. The maximum atomic E-state index is 13.1. The number of amides is 1. The minimum Gasteiger partial charge on any atom is -0.486 e. The van der Waals surface area contributed by atoms with Gasteiger partial charge in [-0.15, -0.1) is 0 Å². The zero-order valence-electron chi connectivity index (χ0n) is 14.0. The maximum Gasteiger partial charge on any atom is 0.438 e. The topological polar surface area (TPSA) is 75.3 Å². The lowest BCUT2D eigenvalue weighted by Crippen LogP contribution is -2.56. The number of aryl methyl sites for hydroxylation is 1. The fourth-order valence-electron chi connectivity index (χ4n) is 2.42. The van der Waals surface area contributed by atoms with Crippen molar-refractivity contribution in [2.45, 2.75) is 31.9 Å². The molecule has 10 heteroatoms. The number of halogens is 4. The summed E-state index contributed by atoms with van der Waals surface area (Å²) in [7, 11) is 0. The van der Waals surface area contributed by atoms with Gasteiger partial charge >= 0.3 is 12.1 Å². The molecule has 0 fully saturated rings. The Hall–Kier alpha value is -2.52. The van der Waals surface area contributed by atoms with Gasteiger partial charge in [0.15, 0.2) is 5.76 Å². The molecule has 3 rings (SSSR count). The van der Waals surface area contributed by atoms with Crippen molar-refractivity contribution in [3.63, 3.8) is 0 Å². The summed E-state index contributed by atoms with van der Waals surface area (Å²) in [5.41, 5.74) is -2.59. The second-order valence-electron chi connectivity index (χ2n) is 5.90. The smallest absolute Gasteiger partial charge is 0.438 e. The molecule has 0 aliphatic carbocycles. The summed E-state index contributed by atoms with van der Waals surface area (Å²) in [5, 5.41) is 13.7. The molecule has 6 nitrogen and oxygen atoms in total. The van der Waals surface area contributed by atoms with Gasteiger partial charge in [0, 0.05) is 17.7 Å². The number of rotatable bonds is 4. The van der Waals surface area contributed by atoms with Gasteiger partial charge in [-0.3, -0.25) is 4.79 Å². The fraction of sp³-hybridized carbons (Fsp3) is 0.294. The molecule has 0 spiro atoms. The van der Waals surface area contributed by atoms with E-state index in [1.807, 2.05) is 0 Å². The predicted molar refractivity (Wildman–Crippen MR) is 89.5 cm³/mol. The number of furan rings is 1. The standard InChI is InChI=1S/C17H14ClF3N2O4/c1-10-8-11(2-4-13(10)18)26-9-12-3-5-14(27-12)15(24)23-16(25,6-7-22-23)17(19,20)21/h2-5,7-8,25H,6,9H2,1H3/t16-/m0/s1. The average molecular weight is 403 g/mol. The van der Waals surface area contributed by atoms with E-state index in [0.717, 1.165) is 11.8 Å². The fourth-order valence-corrected chi connectivity index (χ4v) is 2.54. The lowest BCUT2D eigenvalue weighted by atomic mass is 10.1. The van der Waals surface area contributed by atoms with Gasteiger partial charge in [-0.25, -0.2) is 0 Å². The van der Waals surface area contributed by atoms with Gasteiger partial charge in [-0.1, -0.05) is 11.6 Å². The highest BCUT2D eigenvalue weighted by Crippen LogP contribution is 2.39. The Morgan fingerprint density at radius 3 is 2.81 bits per heavy atom. The molecule has 0 radical (unpaired) electrons. The highest BCUT2D eigenvalue weighted by atomic mass is 35.5. The van der Waals surface area contributed by atoms with Crippen molar-refractivity contribution in [1.82, 2.24) is 5.01 Å². The molecule has 1 aliphatic rings. The van der Waals surface area contributed by atoms with E-state index in [0.29, 0.717) is 10.8 Å². The van der Waals surface area contributed by atoms with Crippen molar-refractivity contribution in [2.24, 2.45) is 5.10 Å². The minimum absolute atomic E-state index is 0.0287. The summed E-state index contributed by atoms with van der Waals surface area (Å²) < 4.78 is 49.9. The number of hydrogen-bond donors (Lipinski definition) is 1. The molecule has 27 heavy (non-hydrogen) atoms. The maximum absolute atomic E-state index is 13.1. The molecular formula is C17H14ClF3N2O4. The number of hydrogen-bond acceptors (Lipinski definition) is 5. The Morgan fingerprint density at radius 1 is 1.41 bits per heavy atom. The lowest BCUT2D eigenvalue weighted by Gasteiger charge is -2.31. The Balaban J connectivity index is 1.70. The van der Waals surface area contributed by atoms with Gasteiger partial charge in [0.2, 0.25) is 0 Å². The van der Waals surface area contributed by atoms with Crippen LogP contribution in [0.2, 0.25) is 5.02 Å². The van der Waals surface area contributed by atoms with E-state index in [2.05, 4.69) is 5.10 Å². The molecule has 0 saturated carbocycles. The first kappa shape index (κ1) is 19.2. The number of hydrazone groups is 1. The van der Waals surface area contributed by atoms with Gasteiger partial charge in [0.1, 0.15) is 18.1 Å². The van der Waals surface area contributed by atoms with E-state index in [9.17, 15) is 23.1 Å². The van der Waals surface area contributed by atoms with E-state index in [-0.39, 0.29) is 17.4 Å². The third-order valence-electron chi connectivity index (χ3n) is 3.95. The summed E-state index contributed by atoms with van der Waals surface area (Å²) in [5.74, 6) is -0.888. The van der Waals surface area contributed by atoms with Crippen LogP contribution in [0.1, 0.15) is 28.3 Å². The highest BCUT2D eigenvalue weighted by Gasteiger charge is 2.61. The summed E-state index contributed by atoms with van der Waals surface area (Å²) in [6.07, 6.45) is -5.10. The van der Waals surface area contributed by atoms with Crippen LogP contribution in [0.15, 0.2) is 39.9 Å². The number of aliphatic hydroxyl groups is 1. The number of carbonyl (C=O) groups excluding carboxylic acids is 1. The zero-order chi connectivity index (χ0) is 19.8. The molecule has 0 bridgehead atoms. The Labute approximate surface area is 156 Å². The van der Waals surface area contributed by atoms with Crippen LogP contribution in [0, 0.1) is 6.92 Å². The minimum atomic E-state index is -5.07. The van der Waals surface area contributed by atoms with Crippen LogP contribution in [-0.2, 0) is 6.61 Å². The number of ether oxygens (including phenoxy) is 1. The van der Waals surface area contributed by atoms with E-state index in [1.54, 1.807) is 25.1 Å². The molecule has 1 aromatic carbocycles. The number of benzene rings is 1. The van der Waals surface area contributed by atoms with Crippen LogP contribution >= 0.6 is 11.6 Å². The van der Waals surface area contributed by atoms with Crippen LogP contribution in [0.25, 0.3) is 0 Å².